The molecule has 1 fully saturated rings. The first kappa shape index (κ1) is 14.8. The van der Waals surface area contributed by atoms with Crippen LogP contribution in [0.4, 0.5) is 0 Å². The van der Waals surface area contributed by atoms with Crippen LogP contribution in [0.3, 0.4) is 0 Å². The minimum absolute atomic E-state index is 0.0727. The number of carbonyl (C=O) groups excluding carboxylic acids is 1. The van der Waals surface area contributed by atoms with Crippen LogP contribution in [0.15, 0.2) is 0 Å². The minimum Gasteiger partial charge on any atom is -0.389 e. The molecule has 1 saturated heterocycles. The first-order chi connectivity index (χ1) is 7.79. The van der Waals surface area contributed by atoms with E-state index in [0.717, 1.165) is 32.4 Å². The molecule has 0 radical (unpaired) electrons. The zero-order valence-electron chi connectivity index (χ0n) is 11.0. The van der Waals surface area contributed by atoms with E-state index in [4.69, 9.17) is 0 Å². The van der Waals surface area contributed by atoms with Crippen LogP contribution in [0.25, 0.3) is 0 Å². The van der Waals surface area contributed by atoms with Crippen molar-refractivity contribution in [3.8, 4) is 0 Å². The predicted molar refractivity (Wildman–Crippen MR) is 71.8 cm³/mol. The molecule has 0 aromatic carbocycles. The number of nitrogens with zero attached hydrogens (tertiary/aromatic N) is 1. The maximum Gasteiger partial charge on any atom is 0.226 e. The zero-order valence-corrected chi connectivity index (χ0v) is 11.9. The lowest BCUT2D eigenvalue weighted by Crippen LogP contribution is -2.49. The van der Waals surface area contributed by atoms with Crippen molar-refractivity contribution < 1.29 is 9.90 Å². The zero-order chi connectivity index (χ0) is 13.1. The third kappa shape index (κ3) is 4.16. The number of amides is 1. The lowest BCUT2D eigenvalue weighted by molar-refractivity contribution is -0.134. The van der Waals surface area contributed by atoms with Gasteiger partial charge in [0.25, 0.3) is 0 Å². The molecular formula is C12H24N2O2S. The van der Waals surface area contributed by atoms with Gasteiger partial charge in [0.15, 0.2) is 0 Å². The van der Waals surface area contributed by atoms with Gasteiger partial charge in [0.1, 0.15) is 0 Å². The number of carbonyl (C=O) groups is 1. The average Bonchev–Trinajstić information content (AvgIpc) is 2.26. The summed E-state index contributed by atoms with van der Waals surface area (Å²) < 4.78 is 1.96. The van der Waals surface area contributed by atoms with E-state index in [0.29, 0.717) is 6.54 Å². The standard InChI is InChI=1S/C12H24N2O2S/c1-4-12(5-7-14(17)8-6-12)10(15)13-9-11(2,3)16/h16-17H,4-9H2,1-3H3,(H,13,15). The summed E-state index contributed by atoms with van der Waals surface area (Å²) in [4.78, 5) is 12.2. The number of rotatable bonds is 4. The van der Waals surface area contributed by atoms with Gasteiger partial charge in [0.2, 0.25) is 5.91 Å². The second-order valence-electron chi connectivity index (χ2n) is 5.58. The van der Waals surface area contributed by atoms with Gasteiger partial charge in [0.05, 0.1) is 11.0 Å². The summed E-state index contributed by atoms with van der Waals surface area (Å²) in [7, 11) is 0. The number of aliphatic hydroxyl groups is 1. The average molecular weight is 260 g/mol. The molecule has 0 unspecified atom stereocenters. The SMILES string of the molecule is CCC1(C(=O)NCC(C)(C)O)CCN(S)CC1. The van der Waals surface area contributed by atoms with E-state index < -0.39 is 5.60 Å². The highest BCUT2D eigenvalue weighted by Gasteiger charge is 2.39. The van der Waals surface area contributed by atoms with E-state index in [1.165, 1.54) is 0 Å². The van der Waals surface area contributed by atoms with Crippen molar-refractivity contribution >= 4 is 18.7 Å². The molecule has 4 nitrogen and oxygen atoms in total. The highest BCUT2D eigenvalue weighted by atomic mass is 32.1. The molecule has 17 heavy (non-hydrogen) atoms. The number of thiol groups is 1. The van der Waals surface area contributed by atoms with Crippen molar-refractivity contribution in [3.63, 3.8) is 0 Å². The first-order valence-electron chi connectivity index (χ1n) is 6.24. The van der Waals surface area contributed by atoms with Crippen molar-refractivity contribution in [1.82, 2.24) is 9.62 Å². The van der Waals surface area contributed by atoms with Gasteiger partial charge < -0.3 is 10.4 Å². The van der Waals surface area contributed by atoms with Crippen LogP contribution in [0.2, 0.25) is 0 Å². The molecule has 1 amide bonds. The van der Waals surface area contributed by atoms with Gasteiger partial charge in [-0.1, -0.05) is 19.7 Å². The van der Waals surface area contributed by atoms with Gasteiger partial charge >= 0.3 is 0 Å². The number of hydrogen-bond donors (Lipinski definition) is 3. The fraction of sp³-hybridized carbons (Fsp3) is 0.917. The van der Waals surface area contributed by atoms with Crippen LogP contribution >= 0.6 is 12.8 Å². The van der Waals surface area contributed by atoms with Crippen LogP contribution < -0.4 is 5.32 Å². The van der Waals surface area contributed by atoms with Crippen molar-refractivity contribution in [2.24, 2.45) is 5.41 Å². The summed E-state index contributed by atoms with van der Waals surface area (Å²) in [6.07, 6.45) is 2.52. The van der Waals surface area contributed by atoms with Crippen LogP contribution in [0.5, 0.6) is 0 Å². The number of piperidine rings is 1. The molecule has 0 atom stereocenters. The summed E-state index contributed by atoms with van der Waals surface area (Å²) in [6, 6.07) is 0. The van der Waals surface area contributed by atoms with E-state index in [2.05, 4.69) is 25.1 Å². The molecule has 0 aromatic heterocycles. The molecule has 1 heterocycles. The molecule has 0 aliphatic carbocycles. The monoisotopic (exact) mass is 260 g/mol. The van der Waals surface area contributed by atoms with Gasteiger partial charge in [-0.25, -0.2) is 0 Å². The van der Waals surface area contributed by atoms with Gasteiger partial charge in [-0.05, 0) is 33.1 Å². The highest BCUT2D eigenvalue weighted by molar-refractivity contribution is 7.77. The topological polar surface area (TPSA) is 52.6 Å². The Balaban J connectivity index is 2.58. The molecule has 1 aliphatic heterocycles. The second-order valence-corrected chi connectivity index (χ2v) is 6.15. The molecule has 0 aromatic rings. The van der Waals surface area contributed by atoms with Gasteiger partial charge in [-0.2, -0.15) is 0 Å². The Bertz CT molecular complexity index is 268. The quantitative estimate of drug-likeness (QED) is 0.666. The molecule has 100 valence electrons. The molecule has 5 heteroatoms. The minimum atomic E-state index is -0.852. The van der Waals surface area contributed by atoms with E-state index in [-0.39, 0.29) is 11.3 Å². The molecular weight excluding hydrogens is 236 g/mol. The number of nitrogens with one attached hydrogen (secondary N) is 1. The summed E-state index contributed by atoms with van der Waals surface area (Å²) in [5, 5.41) is 12.5. The fourth-order valence-electron chi connectivity index (χ4n) is 2.15. The normalized spacial score (nSPS) is 21.2. The second kappa shape index (κ2) is 5.59. The van der Waals surface area contributed by atoms with Crippen molar-refractivity contribution in [1.29, 1.82) is 0 Å². The van der Waals surface area contributed by atoms with Gasteiger partial charge in [0, 0.05) is 19.6 Å². The molecule has 0 saturated carbocycles. The van der Waals surface area contributed by atoms with Crippen molar-refractivity contribution in [2.45, 2.75) is 45.6 Å². The maximum absolute atomic E-state index is 12.2. The third-order valence-corrected chi connectivity index (χ3v) is 3.94. The number of hydrogen-bond acceptors (Lipinski definition) is 4. The van der Waals surface area contributed by atoms with Crippen LogP contribution in [-0.4, -0.2) is 40.6 Å². The van der Waals surface area contributed by atoms with E-state index in [1.807, 2.05) is 4.31 Å². The van der Waals surface area contributed by atoms with Crippen molar-refractivity contribution in [2.75, 3.05) is 19.6 Å². The molecule has 2 N–H and O–H groups in total. The Morgan fingerprint density at radius 2 is 2.00 bits per heavy atom. The Kier molecular flexibility index (Phi) is 4.86. The third-order valence-electron chi connectivity index (χ3n) is 3.54. The van der Waals surface area contributed by atoms with E-state index >= 15 is 0 Å². The maximum atomic E-state index is 12.2. The lowest BCUT2D eigenvalue weighted by atomic mass is 9.75. The van der Waals surface area contributed by atoms with Crippen LogP contribution in [0, 0.1) is 5.41 Å². The highest BCUT2D eigenvalue weighted by Crippen LogP contribution is 2.35. The largest absolute Gasteiger partial charge is 0.389 e. The molecule has 0 bridgehead atoms. The predicted octanol–water partition coefficient (Wildman–Crippen LogP) is 1.21. The summed E-state index contributed by atoms with van der Waals surface area (Å²) in [6.45, 7) is 7.43. The van der Waals surface area contributed by atoms with Crippen LogP contribution in [-0.2, 0) is 4.79 Å². The fourth-order valence-corrected chi connectivity index (χ4v) is 2.35. The lowest BCUT2D eigenvalue weighted by Gasteiger charge is -2.38. The molecule has 0 spiro atoms. The van der Waals surface area contributed by atoms with Gasteiger partial charge in [-0.15, -0.1) is 0 Å². The van der Waals surface area contributed by atoms with Crippen LogP contribution in [0.1, 0.15) is 40.0 Å². The Morgan fingerprint density at radius 3 is 2.41 bits per heavy atom. The first-order valence-corrected chi connectivity index (χ1v) is 6.64. The van der Waals surface area contributed by atoms with Crippen molar-refractivity contribution in [3.05, 3.63) is 0 Å². The molecule has 1 aliphatic rings. The van der Waals surface area contributed by atoms with E-state index in [1.54, 1.807) is 13.8 Å². The molecule has 1 rings (SSSR count). The summed E-state index contributed by atoms with van der Waals surface area (Å²) >= 11 is 4.31. The Labute approximate surface area is 109 Å². The van der Waals surface area contributed by atoms with Gasteiger partial charge in [-0.3, -0.25) is 9.10 Å². The Morgan fingerprint density at radius 1 is 1.47 bits per heavy atom. The Hall–Kier alpha value is -0.260. The summed E-state index contributed by atoms with van der Waals surface area (Å²) in [5.74, 6) is 0.0727. The summed E-state index contributed by atoms with van der Waals surface area (Å²) in [5.41, 5.74) is -1.13. The van der Waals surface area contributed by atoms with E-state index in [9.17, 15) is 9.90 Å². The smallest absolute Gasteiger partial charge is 0.226 e.